The highest BCUT2D eigenvalue weighted by molar-refractivity contribution is 7.19. The summed E-state index contributed by atoms with van der Waals surface area (Å²) < 4.78 is 19.0. The SMILES string of the molecule is COc1c2cc3sc2c(OC)c2cc(sc12)=c1ccc(cc1)=c1ccc(cc1)=c1ccc([n+](C)c1)=c1ccc(cc1)=c1ccc=3cc1. The minimum atomic E-state index is 0.905. The van der Waals surface area contributed by atoms with Gasteiger partial charge in [0.25, 0.3) is 0 Å². The van der Waals surface area contributed by atoms with Crippen molar-refractivity contribution >= 4 is 42.8 Å². The first-order valence-electron chi connectivity index (χ1n) is 15.6. The average molecular weight is 645 g/mol. The largest absolute Gasteiger partial charge is 0.495 e. The van der Waals surface area contributed by atoms with Crippen LogP contribution in [-0.2, 0) is 7.05 Å². The zero-order valence-electron chi connectivity index (χ0n) is 26.2. The van der Waals surface area contributed by atoms with Crippen LogP contribution in [0.25, 0.3) is 20.2 Å². The molecule has 16 bridgehead atoms. The summed E-state index contributed by atoms with van der Waals surface area (Å²) in [4.78, 5) is 0. The third-order valence-electron chi connectivity index (χ3n) is 9.31. The third-order valence-corrected chi connectivity index (χ3v) is 11.7. The van der Waals surface area contributed by atoms with E-state index in [1.807, 2.05) is 0 Å². The maximum atomic E-state index is 6.11. The maximum Gasteiger partial charge on any atom is 0.212 e. The molecule has 12 aliphatic rings. The van der Waals surface area contributed by atoms with E-state index in [4.69, 9.17) is 9.47 Å². The molecule has 5 heteroatoms. The van der Waals surface area contributed by atoms with Crippen LogP contribution in [-0.4, -0.2) is 14.2 Å². The van der Waals surface area contributed by atoms with E-state index in [1.165, 1.54) is 61.4 Å². The molecule has 3 aromatic heterocycles. The molecular formula is C42H30NO2S2+. The van der Waals surface area contributed by atoms with Gasteiger partial charge in [-0.15, -0.1) is 22.7 Å². The number of nitrogens with zero attached hydrogens (tertiary/aromatic N) is 1. The second kappa shape index (κ2) is 10.9. The molecule has 0 saturated carbocycles. The van der Waals surface area contributed by atoms with Crippen molar-refractivity contribution in [2.75, 3.05) is 14.2 Å². The van der Waals surface area contributed by atoms with Gasteiger partial charge in [-0.25, -0.2) is 4.57 Å². The summed E-state index contributed by atoms with van der Waals surface area (Å²) in [6, 6.07) is 44.4. The van der Waals surface area contributed by atoms with E-state index in [9.17, 15) is 0 Å². The van der Waals surface area contributed by atoms with Gasteiger partial charge in [-0.2, -0.15) is 0 Å². The second-order valence-corrected chi connectivity index (χ2v) is 14.1. The first-order valence-corrected chi connectivity index (χ1v) is 17.2. The Kier molecular flexibility index (Phi) is 6.53. The van der Waals surface area contributed by atoms with Gasteiger partial charge < -0.3 is 9.47 Å². The van der Waals surface area contributed by atoms with Gasteiger partial charge in [-0.3, -0.25) is 0 Å². The van der Waals surface area contributed by atoms with Gasteiger partial charge in [0.15, 0.2) is 6.20 Å². The first kappa shape index (κ1) is 28.0. The van der Waals surface area contributed by atoms with E-state index in [2.05, 4.69) is 139 Å². The number of ether oxygens (including phenoxy) is 2. The monoisotopic (exact) mass is 644 g/mol. The van der Waals surface area contributed by atoms with Crippen LogP contribution in [0.5, 0.6) is 11.5 Å². The fourth-order valence-corrected chi connectivity index (χ4v) is 9.21. The first-order chi connectivity index (χ1) is 23.1. The Balaban J connectivity index is 1.44. The molecule has 0 N–H and O–H groups in total. The lowest BCUT2D eigenvalue weighted by molar-refractivity contribution is -0.681. The lowest BCUT2D eigenvalue weighted by atomic mass is 10.1. The number of benzene rings is 5. The Morgan fingerprint density at radius 3 is 1.15 bits per heavy atom. The van der Waals surface area contributed by atoms with E-state index >= 15 is 0 Å². The highest BCUT2D eigenvalue weighted by atomic mass is 32.1. The summed E-state index contributed by atoms with van der Waals surface area (Å²) >= 11 is 3.51. The van der Waals surface area contributed by atoms with Gasteiger partial charge in [0.2, 0.25) is 5.35 Å². The van der Waals surface area contributed by atoms with Crippen LogP contribution in [0.2, 0.25) is 0 Å². The predicted octanol–water partition coefficient (Wildman–Crippen LogP) is 8.99. The summed E-state index contributed by atoms with van der Waals surface area (Å²) in [7, 11) is 5.66. The predicted molar refractivity (Wildman–Crippen MR) is 190 cm³/mol. The van der Waals surface area contributed by atoms with Crippen molar-refractivity contribution in [3.05, 3.63) is 189 Å². The average Bonchev–Trinajstić information content (AvgIpc) is 3.76. The number of hydrogen-bond acceptors (Lipinski definition) is 4. The van der Waals surface area contributed by atoms with E-state index in [-0.39, 0.29) is 0 Å². The minimum absolute atomic E-state index is 0.905. The zero-order valence-corrected chi connectivity index (χ0v) is 27.8. The van der Waals surface area contributed by atoms with Crippen molar-refractivity contribution in [3.63, 3.8) is 0 Å². The maximum absolute atomic E-state index is 6.11. The van der Waals surface area contributed by atoms with Gasteiger partial charge in [-0.05, 0) is 66.9 Å². The molecule has 0 amide bonds. The number of pyridine rings is 1. The van der Waals surface area contributed by atoms with Gasteiger partial charge >= 0.3 is 0 Å². The molecule has 15 heterocycles. The summed E-state index contributed by atoms with van der Waals surface area (Å²) in [6.07, 6.45) is 2.22. The van der Waals surface area contributed by atoms with Crippen LogP contribution in [0.15, 0.2) is 128 Å². The Bertz CT molecular complexity index is 3030. The normalized spacial score (nSPS) is 11.7. The van der Waals surface area contributed by atoms with Gasteiger partial charge in [0.05, 0.1) is 23.6 Å². The number of rotatable bonds is 2. The molecule has 20 rings (SSSR count). The Hall–Kier alpha value is -5.23. The molecule has 0 atom stereocenters. The molecule has 12 aliphatic heterocycles. The van der Waals surface area contributed by atoms with E-state index in [0.717, 1.165) is 31.7 Å². The van der Waals surface area contributed by atoms with Gasteiger partial charge in [0, 0.05) is 36.3 Å². The van der Waals surface area contributed by atoms with Crippen molar-refractivity contribution in [2.24, 2.45) is 7.05 Å². The van der Waals surface area contributed by atoms with Crippen molar-refractivity contribution in [3.8, 4) is 11.5 Å². The summed E-state index contributed by atoms with van der Waals surface area (Å²) in [6.45, 7) is 0. The number of thiophene rings is 2. The molecule has 0 spiro atoms. The zero-order chi connectivity index (χ0) is 31.6. The Morgan fingerprint density at radius 2 is 0.766 bits per heavy atom. The van der Waals surface area contributed by atoms with Crippen LogP contribution >= 0.6 is 22.7 Å². The summed E-state index contributed by atoms with van der Waals surface area (Å²) in [5.74, 6) is 1.81. The van der Waals surface area contributed by atoms with E-state index in [1.54, 1.807) is 36.9 Å². The highest BCUT2D eigenvalue weighted by Crippen LogP contribution is 2.48. The molecule has 5 aromatic carbocycles. The fourth-order valence-electron chi connectivity index (χ4n) is 6.81. The molecule has 3 nitrogen and oxygen atoms in total. The van der Waals surface area contributed by atoms with Crippen LogP contribution < -0.4 is 14.0 Å². The summed E-state index contributed by atoms with van der Waals surface area (Å²) in [5.41, 5.74) is 0. The van der Waals surface area contributed by atoms with Crippen LogP contribution in [0.4, 0.5) is 0 Å². The van der Waals surface area contributed by atoms with E-state index in [0.29, 0.717) is 0 Å². The number of aromatic nitrogens is 1. The molecule has 8 aromatic rings. The topological polar surface area (TPSA) is 22.3 Å². The van der Waals surface area contributed by atoms with Crippen molar-refractivity contribution in [1.82, 2.24) is 0 Å². The lowest BCUT2D eigenvalue weighted by Gasteiger charge is -2.08. The quantitative estimate of drug-likeness (QED) is 0.175. The van der Waals surface area contributed by atoms with Gasteiger partial charge in [0.1, 0.15) is 18.5 Å². The fraction of sp³-hybridized carbons (Fsp3) is 0.0714. The molecular weight excluding hydrogens is 615 g/mol. The molecule has 0 aliphatic carbocycles. The lowest BCUT2D eigenvalue weighted by Crippen LogP contribution is -2.30. The van der Waals surface area contributed by atoms with Crippen molar-refractivity contribution in [2.45, 2.75) is 0 Å². The number of aryl methyl sites for hydroxylation is 1. The van der Waals surface area contributed by atoms with Crippen LogP contribution in [0, 0.1) is 61.4 Å². The molecule has 0 fully saturated rings. The Morgan fingerprint density at radius 1 is 0.426 bits per heavy atom. The molecule has 47 heavy (non-hydrogen) atoms. The van der Waals surface area contributed by atoms with Crippen LogP contribution in [0.1, 0.15) is 0 Å². The van der Waals surface area contributed by atoms with E-state index < -0.39 is 0 Å². The van der Waals surface area contributed by atoms with Crippen molar-refractivity contribution < 1.29 is 14.0 Å². The number of hydrogen-bond donors (Lipinski definition) is 0. The standard InChI is InChI=1S/C42H30NO2S2/c1-43-24-33-20-21-36(43)30-14-8-26(9-15-30)28-12-18-32(19-13-28)38-23-35-40(45-3)41-34(39(44-2)42(35)47-38)22-37(46-41)31-16-10-27(11-17-31)25-4-6-29(33)7-5-25/h4-24H,1-3H3/q+1. The second-order valence-electron chi connectivity index (χ2n) is 12.0. The highest BCUT2D eigenvalue weighted by Gasteiger charge is 2.19. The van der Waals surface area contributed by atoms with Gasteiger partial charge in [-0.1, -0.05) is 84.9 Å². The smallest absolute Gasteiger partial charge is 0.212 e. The minimum Gasteiger partial charge on any atom is -0.495 e. The molecule has 226 valence electrons. The van der Waals surface area contributed by atoms with Crippen LogP contribution in [0.3, 0.4) is 0 Å². The Labute approximate surface area is 277 Å². The molecule has 0 unspecified atom stereocenters. The third kappa shape index (κ3) is 4.57. The summed E-state index contributed by atoms with van der Waals surface area (Å²) in [5, 5.41) is 14.1. The molecule has 0 radical (unpaired) electrons. The molecule has 0 saturated heterocycles. The number of methoxy groups -OCH3 is 2. The van der Waals surface area contributed by atoms with Crippen molar-refractivity contribution in [1.29, 1.82) is 0 Å².